The van der Waals surface area contributed by atoms with E-state index in [1.807, 2.05) is 0 Å². The first-order chi connectivity index (χ1) is 33.8. The van der Waals surface area contributed by atoms with E-state index in [1.165, 1.54) is 103 Å². The van der Waals surface area contributed by atoms with E-state index in [-0.39, 0.29) is 12.5 Å². The first kappa shape index (κ1) is 64.1. The molecule has 7 atom stereocenters. The van der Waals surface area contributed by atoms with Crippen molar-refractivity contribution in [1.29, 1.82) is 0 Å². The molecule has 7 unspecified atom stereocenters. The molecule has 6 N–H and O–H groups in total. The number of carbonyl (C=O) groups is 1. The summed E-state index contributed by atoms with van der Waals surface area (Å²) in [7, 11) is 0. The van der Waals surface area contributed by atoms with E-state index in [2.05, 4.69) is 116 Å². The third-order valence-electron chi connectivity index (χ3n) is 12.7. The smallest absolute Gasteiger partial charge is 0.220 e. The van der Waals surface area contributed by atoms with Crippen LogP contribution in [0.4, 0.5) is 0 Å². The van der Waals surface area contributed by atoms with E-state index >= 15 is 0 Å². The van der Waals surface area contributed by atoms with Crippen LogP contribution in [-0.2, 0) is 14.3 Å². The fourth-order valence-electron chi connectivity index (χ4n) is 8.29. The molecule has 0 aromatic heterocycles. The fraction of sp³-hybridized carbons (Fsp3) is 0.717. The zero-order valence-electron chi connectivity index (χ0n) is 43.8. The molecule has 1 saturated heterocycles. The van der Waals surface area contributed by atoms with E-state index in [1.54, 1.807) is 0 Å². The summed E-state index contributed by atoms with van der Waals surface area (Å²) < 4.78 is 11.2. The van der Waals surface area contributed by atoms with Crippen LogP contribution in [0, 0.1) is 0 Å². The lowest BCUT2D eigenvalue weighted by Crippen LogP contribution is -2.60. The normalized spacial score (nSPS) is 20.2. The predicted octanol–water partition coefficient (Wildman–Crippen LogP) is 13.6. The fourth-order valence-corrected chi connectivity index (χ4v) is 8.29. The van der Waals surface area contributed by atoms with Gasteiger partial charge in [0.1, 0.15) is 24.4 Å². The third-order valence-corrected chi connectivity index (χ3v) is 12.7. The molecule has 0 bridgehead atoms. The van der Waals surface area contributed by atoms with Crippen LogP contribution in [0.15, 0.2) is 97.2 Å². The van der Waals surface area contributed by atoms with Crippen LogP contribution in [0.25, 0.3) is 0 Å². The Hall–Kier alpha value is -2.89. The van der Waals surface area contributed by atoms with Crippen molar-refractivity contribution in [2.24, 2.45) is 0 Å². The number of aliphatic hydroxyl groups is 5. The Kier molecular flexibility index (Phi) is 45.3. The van der Waals surface area contributed by atoms with Gasteiger partial charge in [-0.3, -0.25) is 4.79 Å². The molecule has 0 saturated carbocycles. The van der Waals surface area contributed by atoms with Crippen molar-refractivity contribution in [3.8, 4) is 0 Å². The zero-order valence-corrected chi connectivity index (χ0v) is 43.8. The van der Waals surface area contributed by atoms with Crippen LogP contribution in [0.1, 0.15) is 219 Å². The number of allylic oxidation sites excluding steroid dienone is 16. The number of carbonyl (C=O) groups excluding carboxylic acids is 1. The molecule has 1 aliphatic heterocycles. The van der Waals surface area contributed by atoms with Gasteiger partial charge in [-0.1, -0.05) is 233 Å². The summed E-state index contributed by atoms with van der Waals surface area (Å²) in [5.41, 5.74) is 0. The summed E-state index contributed by atoms with van der Waals surface area (Å²) in [5.74, 6) is -0.153. The Labute approximate surface area is 422 Å². The molecule has 1 aliphatic rings. The van der Waals surface area contributed by atoms with Crippen molar-refractivity contribution in [1.82, 2.24) is 5.32 Å². The van der Waals surface area contributed by atoms with E-state index in [0.717, 1.165) is 89.9 Å². The Morgan fingerprint density at radius 3 is 1.33 bits per heavy atom. The van der Waals surface area contributed by atoms with Crippen molar-refractivity contribution in [2.45, 2.75) is 262 Å². The van der Waals surface area contributed by atoms with Gasteiger partial charge in [0.2, 0.25) is 5.91 Å². The molecule has 0 spiro atoms. The number of rotatable bonds is 46. The maximum absolute atomic E-state index is 13.0. The SMILES string of the molecule is CC/C=C\C/C=C\C/C=C\C/C=C\C/C=C\C/C=C\C/C=C\C/C=C\CCCCCCCCCCCCCCCCC(=O)NC(COC1OC(CO)C(O)C(O)C1O)C(O)CCCCCCCCC. The van der Waals surface area contributed by atoms with Crippen molar-refractivity contribution < 1.29 is 39.8 Å². The Morgan fingerprint density at radius 2 is 0.899 bits per heavy atom. The molecule has 396 valence electrons. The van der Waals surface area contributed by atoms with Gasteiger partial charge in [-0.15, -0.1) is 0 Å². The van der Waals surface area contributed by atoms with Gasteiger partial charge < -0.3 is 40.3 Å². The van der Waals surface area contributed by atoms with Crippen molar-refractivity contribution in [2.75, 3.05) is 13.2 Å². The Morgan fingerprint density at radius 1 is 0.507 bits per heavy atom. The second-order valence-corrected chi connectivity index (χ2v) is 19.0. The molecule has 0 aliphatic carbocycles. The second kappa shape index (κ2) is 48.7. The number of aliphatic hydroxyl groups excluding tert-OH is 5. The number of nitrogens with one attached hydrogen (secondary N) is 1. The van der Waals surface area contributed by atoms with Gasteiger partial charge in [0.05, 0.1) is 25.4 Å². The molecule has 9 nitrogen and oxygen atoms in total. The van der Waals surface area contributed by atoms with E-state index in [0.29, 0.717) is 12.8 Å². The van der Waals surface area contributed by atoms with Crippen molar-refractivity contribution in [3.63, 3.8) is 0 Å². The number of amides is 1. The van der Waals surface area contributed by atoms with E-state index in [4.69, 9.17) is 9.47 Å². The lowest BCUT2D eigenvalue weighted by molar-refractivity contribution is -0.302. The topological polar surface area (TPSA) is 149 Å². The molecular weight excluding hydrogens is 863 g/mol. The van der Waals surface area contributed by atoms with Crippen LogP contribution in [0.2, 0.25) is 0 Å². The van der Waals surface area contributed by atoms with Crippen LogP contribution >= 0.6 is 0 Å². The number of hydrogen-bond donors (Lipinski definition) is 6. The maximum Gasteiger partial charge on any atom is 0.220 e. The molecule has 69 heavy (non-hydrogen) atoms. The number of ether oxygens (including phenoxy) is 2. The summed E-state index contributed by atoms with van der Waals surface area (Å²) >= 11 is 0. The average Bonchev–Trinajstić information content (AvgIpc) is 3.35. The van der Waals surface area contributed by atoms with Crippen LogP contribution in [0.5, 0.6) is 0 Å². The zero-order chi connectivity index (χ0) is 50.1. The second-order valence-electron chi connectivity index (χ2n) is 19.0. The Balaban J connectivity index is 2.04. The van der Waals surface area contributed by atoms with Gasteiger partial charge in [-0.05, 0) is 77.0 Å². The maximum atomic E-state index is 13.0. The van der Waals surface area contributed by atoms with Gasteiger partial charge >= 0.3 is 0 Å². The minimum atomic E-state index is -1.55. The highest BCUT2D eigenvalue weighted by Crippen LogP contribution is 2.23. The number of hydrogen-bond acceptors (Lipinski definition) is 8. The molecule has 0 aromatic carbocycles. The lowest BCUT2D eigenvalue weighted by atomic mass is 9.99. The summed E-state index contributed by atoms with van der Waals surface area (Å²) in [4.78, 5) is 13.0. The predicted molar refractivity (Wildman–Crippen MR) is 290 cm³/mol. The Bertz CT molecular complexity index is 1400. The number of unbranched alkanes of at least 4 members (excludes halogenated alkanes) is 20. The summed E-state index contributed by atoms with van der Waals surface area (Å²) in [5, 5.41) is 54.2. The third kappa shape index (κ3) is 38.5. The summed E-state index contributed by atoms with van der Waals surface area (Å²) in [6.07, 6.45) is 63.3. The van der Waals surface area contributed by atoms with Gasteiger partial charge in [0.25, 0.3) is 0 Å². The average molecular weight is 966 g/mol. The highest BCUT2D eigenvalue weighted by Gasteiger charge is 2.44. The highest BCUT2D eigenvalue weighted by atomic mass is 16.7. The van der Waals surface area contributed by atoms with Crippen molar-refractivity contribution in [3.05, 3.63) is 97.2 Å². The molecule has 1 rings (SSSR count). The first-order valence-electron chi connectivity index (χ1n) is 27.9. The molecule has 0 aromatic rings. The molecule has 9 heteroatoms. The van der Waals surface area contributed by atoms with E-state index < -0.39 is 49.5 Å². The van der Waals surface area contributed by atoms with Gasteiger partial charge in [-0.2, -0.15) is 0 Å². The molecule has 1 heterocycles. The van der Waals surface area contributed by atoms with Crippen LogP contribution < -0.4 is 5.32 Å². The minimum absolute atomic E-state index is 0.142. The van der Waals surface area contributed by atoms with Crippen molar-refractivity contribution >= 4 is 5.91 Å². The lowest BCUT2D eigenvalue weighted by Gasteiger charge is -2.40. The molecule has 1 amide bonds. The van der Waals surface area contributed by atoms with Crippen LogP contribution in [-0.4, -0.2) is 87.5 Å². The van der Waals surface area contributed by atoms with Gasteiger partial charge in [0.15, 0.2) is 6.29 Å². The summed E-state index contributed by atoms with van der Waals surface area (Å²) in [6, 6.07) is -0.720. The van der Waals surface area contributed by atoms with Crippen LogP contribution in [0.3, 0.4) is 0 Å². The standard InChI is InChI=1S/C60H103NO8/c1-3-5-7-9-11-12-13-14-15-16-17-18-19-20-21-22-23-24-25-26-27-28-29-30-31-32-33-34-35-36-37-38-39-40-41-42-44-46-48-50-56(64)61-53(54(63)49-47-45-43-10-8-6-4-2)52-68-60-59(67)58(66)57(65)55(51-62)69-60/h5,7,11-12,14-15,17-18,20-21,23-24,26-27,29-30,53-55,57-60,62-63,65-67H,3-4,6,8-10,13,16,19,22,25,28,31-52H2,1-2H3,(H,61,64)/b7-5-,12-11-,15-14-,18-17-,21-20-,24-23-,27-26-,30-29-. The minimum Gasteiger partial charge on any atom is -0.394 e. The van der Waals surface area contributed by atoms with E-state index in [9.17, 15) is 30.3 Å². The largest absolute Gasteiger partial charge is 0.394 e. The van der Waals surface area contributed by atoms with Gasteiger partial charge in [-0.25, -0.2) is 0 Å². The highest BCUT2D eigenvalue weighted by molar-refractivity contribution is 5.76. The molecular formula is C60H103NO8. The quantitative estimate of drug-likeness (QED) is 0.0261. The first-order valence-corrected chi connectivity index (χ1v) is 27.9. The monoisotopic (exact) mass is 966 g/mol. The molecule has 0 radical (unpaired) electrons. The van der Waals surface area contributed by atoms with Gasteiger partial charge in [0, 0.05) is 6.42 Å². The summed E-state index contributed by atoms with van der Waals surface area (Å²) in [6.45, 7) is 3.66. The molecule has 1 fully saturated rings.